The van der Waals surface area contributed by atoms with E-state index < -0.39 is 26.8 Å². The Labute approximate surface area is 158 Å². The summed E-state index contributed by atoms with van der Waals surface area (Å²) in [7, 11) is -4.07. The summed E-state index contributed by atoms with van der Waals surface area (Å²) in [5.74, 6) is -0.629. The van der Waals surface area contributed by atoms with Crippen LogP contribution in [0.15, 0.2) is 35.4 Å². The molecule has 2 heterocycles. The Morgan fingerprint density at radius 2 is 2.00 bits per heavy atom. The van der Waals surface area contributed by atoms with Gasteiger partial charge < -0.3 is 15.4 Å². The van der Waals surface area contributed by atoms with Gasteiger partial charge in [0.25, 0.3) is 10.0 Å². The number of nitro groups is 1. The molecule has 27 heavy (non-hydrogen) atoms. The number of aryl methyl sites for hydroxylation is 2. The van der Waals surface area contributed by atoms with Crippen LogP contribution in [0.2, 0.25) is 0 Å². The summed E-state index contributed by atoms with van der Waals surface area (Å²) in [6.07, 6.45) is 2.14. The molecule has 0 radical (unpaired) electrons. The Morgan fingerprint density at radius 3 is 2.59 bits per heavy atom. The van der Waals surface area contributed by atoms with Gasteiger partial charge in [-0.25, -0.2) is 8.42 Å². The minimum absolute atomic E-state index is 0.233. The fourth-order valence-corrected chi connectivity index (χ4v) is 4.94. The van der Waals surface area contributed by atoms with Crippen LogP contribution in [0.1, 0.15) is 31.0 Å². The van der Waals surface area contributed by atoms with Crippen LogP contribution in [0.4, 0.5) is 5.82 Å². The highest BCUT2D eigenvalue weighted by Gasteiger charge is 2.40. The molecule has 1 atom stereocenters. The van der Waals surface area contributed by atoms with Crippen molar-refractivity contribution < 1.29 is 13.3 Å². The molecule has 1 N–H and O–H groups in total. The molecule has 146 valence electrons. The highest BCUT2D eigenvalue weighted by molar-refractivity contribution is 7.89. The van der Waals surface area contributed by atoms with Crippen LogP contribution >= 0.6 is 0 Å². The standard InChI is InChI=1S/C17H23N5O4S/c1-3-13-5-7-14(8-6-13)15-11-18-9-10-21(15)27(25,26)16-12-20(4-2)19-17(16)22(23)24/h5-8,12,15,18H,3-4,9-11H2,1-2H3. The zero-order valence-corrected chi connectivity index (χ0v) is 16.1. The zero-order chi connectivity index (χ0) is 19.6. The minimum atomic E-state index is -4.07. The topological polar surface area (TPSA) is 110 Å². The van der Waals surface area contributed by atoms with Crippen LogP contribution in [0.3, 0.4) is 0 Å². The largest absolute Gasteiger partial charge is 0.410 e. The first-order valence-corrected chi connectivity index (χ1v) is 10.4. The van der Waals surface area contributed by atoms with E-state index in [1.807, 2.05) is 24.3 Å². The molecule has 1 aliphatic heterocycles. The van der Waals surface area contributed by atoms with Crippen LogP contribution in [0.25, 0.3) is 0 Å². The molecule has 1 unspecified atom stereocenters. The third kappa shape index (κ3) is 3.73. The maximum atomic E-state index is 13.3. The van der Waals surface area contributed by atoms with Crippen LogP contribution in [-0.2, 0) is 23.0 Å². The van der Waals surface area contributed by atoms with Crippen molar-refractivity contribution in [1.82, 2.24) is 19.4 Å². The van der Waals surface area contributed by atoms with Crippen molar-refractivity contribution in [1.29, 1.82) is 0 Å². The highest BCUT2D eigenvalue weighted by Crippen LogP contribution is 2.32. The monoisotopic (exact) mass is 393 g/mol. The van der Waals surface area contributed by atoms with E-state index in [0.29, 0.717) is 19.6 Å². The van der Waals surface area contributed by atoms with Crippen molar-refractivity contribution in [3.8, 4) is 0 Å². The summed E-state index contributed by atoms with van der Waals surface area (Å²) in [6.45, 7) is 5.31. The van der Waals surface area contributed by atoms with Crippen molar-refractivity contribution in [2.24, 2.45) is 0 Å². The lowest BCUT2D eigenvalue weighted by Gasteiger charge is -2.35. The maximum absolute atomic E-state index is 13.3. The summed E-state index contributed by atoms with van der Waals surface area (Å²) in [6, 6.07) is 7.36. The van der Waals surface area contributed by atoms with Gasteiger partial charge in [0.2, 0.25) is 4.90 Å². The van der Waals surface area contributed by atoms with Crippen molar-refractivity contribution >= 4 is 15.8 Å². The Kier molecular flexibility index (Phi) is 5.59. The second-order valence-corrected chi connectivity index (χ2v) is 8.22. The molecule has 1 aromatic heterocycles. The lowest BCUT2D eigenvalue weighted by Crippen LogP contribution is -2.48. The van der Waals surface area contributed by atoms with Crippen molar-refractivity contribution in [3.05, 3.63) is 51.7 Å². The molecular formula is C17H23N5O4S. The first kappa shape index (κ1) is 19.5. The van der Waals surface area contributed by atoms with E-state index in [2.05, 4.69) is 17.3 Å². The van der Waals surface area contributed by atoms with Crippen LogP contribution in [-0.4, -0.2) is 47.1 Å². The van der Waals surface area contributed by atoms with Gasteiger partial charge in [-0.3, -0.25) is 0 Å². The number of nitrogens with one attached hydrogen (secondary N) is 1. The smallest absolute Gasteiger partial charge is 0.358 e. The molecular weight excluding hydrogens is 370 g/mol. The number of hydrogen-bond donors (Lipinski definition) is 1. The van der Waals surface area contributed by atoms with Gasteiger partial charge in [-0.05, 0) is 29.4 Å². The molecule has 2 aromatic rings. The lowest BCUT2D eigenvalue weighted by atomic mass is 10.0. The second-order valence-electron chi connectivity index (χ2n) is 6.36. The quantitative estimate of drug-likeness (QED) is 0.591. The molecule has 1 aliphatic rings. The van der Waals surface area contributed by atoms with E-state index in [4.69, 9.17) is 0 Å². The normalized spacial score (nSPS) is 18.5. The average molecular weight is 393 g/mol. The summed E-state index contributed by atoms with van der Waals surface area (Å²) >= 11 is 0. The number of rotatable bonds is 6. The molecule has 10 heteroatoms. The number of sulfonamides is 1. The molecule has 3 rings (SSSR count). The molecule has 0 bridgehead atoms. The minimum Gasteiger partial charge on any atom is -0.358 e. The fraction of sp³-hybridized carbons (Fsp3) is 0.471. The first-order valence-electron chi connectivity index (χ1n) is 8.91. The molecule has 0 saturated carbocycles. The molecule has 0 spiro atoms. The van der Waals surface area contributed by atoms with Gasteiger partial charge in [0.15, 0.2) is 0 Å². The predicted molar refractivity (Wildman–Crippen MR) is 99.9 cm³/mol. The van der Waals surface area contributed by atoms with Gasteiger partial charge in [-0.1, -0.05) is 31.2 Å². The predicted octanol–water partition coefficient (Wildman–Crippen LogP) is 1.71. The number of piperazine rings is 1. The Morgan fingerprint density at radius 1 is 1.30 bits per heavy atom. The number of aromatic nitrogens is 2. The van der Waals surface area contributed by atoms with Crippen molar-refractivity contribution in [3.63, 3.8) is 0 Å². The SMILES string of the molecule is CCc1ccc(C2CNCCN2S(=O)(=O)c2cn(CC)nc2[N+](=O)[O-])cc1. The van der Waals surface area contributed by atoms with Crippen LogP contribution in [0.5, 0.6) is 0 Å². The number of benzene rings is 1. The highest BCUT2D eigenvalue weighted by atomic mass is 32.2. The van der Waals surface area contributed by atoms with Crippen LogP contribution < -0.4 is 5.32 Å². The third-order valence-electron chi connectivity index (χ3n) is 4.76. The molecule has 0 amide bonds. The molecule has 1 aromatic carbocycles. The second kappa shape index (κ2) is 7.75. The fourth-order valence-electron chi connectivity index (χ4n) is 3.22. The Balaban J connectivity index is 2.03. The lowest BCUT2D eigenvalue weighted by molar-refractivity contribution is -0.392. The number of hydrogen-bond acceptors (Lipinski definition) is 6. The van der Waals surface area contributed by atoms with Crippen molar-refractivity contribution in [2.45, 2.75) is 37.8 Å². The van der Waals surface area contributed by atoms with E-state index >= 15 is 0 Å². The van der Waals surface area contributed by atoms with Crippen molar-refractivity contribution in [2.75, 3.05) is 19.6 Å². The molecule has 9 nitrogen and oxygen atoms in total. The summed E-state index contributed by atoms with van der Waals surface area (Å²) in [5, 5.41) is 18.4. The van der Waals surface area contributed by atoms with Gasteiger partial charge in [0.05, 0.1) is 23.9 Å². The summed E-state index contributed by atoms with van der Waals surface area (Å²) in [5.41, 5.74) is 2.02. The van der Waals surface area contributed by atoms with Gasteiger partial charge in [0.1, 0.15) is 0 Å². The van der Waals surface area contributed by atoms with E-state index in [0.717, 1.165) is 17.5 Å². The average Bonchev–Trinajstić information content (AvgIpc) is 3.14. The van der Waals surface area contributed by atoms with Gasteiger partial charge >= 0.3 is 5.82 Å². The summed E-state index contributed by atoms with van der Waals surface area (Å²) in [4.78, 5) is 10.2. The Hall–Kier alpha value is -2.30. The first-order chi connectivity index (χ1) is 12.9. The maximum Gasteiger partial charge on any atom is 0.410 e. The van der Waals surface area contributed by atoms with E-state index in [-0.39, 0.29) is 11.4 Å². The van der Waals surface area contributed by atoms with E-state index in [1.54, 1.807) is 6.92 Å². The Bertz CT molecular complexity index is 923. The zero-order valence-electron chi connectivity index (χ0n) is 15.3. The van der Waals surface area contributed by atoms with Gasteiger partial charge in [-0.2, -0.15) is 8.99 Å². The van der Waals surface area contributed by atoms with Gasteiger partial charge in [0, 0.05) is 19.6 Å². The molecule has 1 saturated heterocycles. The summed E-state index contributed by atoms with van der Waals surface area (Å²) < 4.78 is 29.2. The third-order valence-corrected chi connectivity index (χ3v) is 6.66. The van der Waals surface area contributed by atoms with Crippen LogP contribution in [0, 0.1) is 10.1 Å². The molecule has 1 fully saturated rings. The molecule has 0 aliphatic carbocycles. The van der Waals surface area contributed by atoms with Gasteiger partial charge in [-0.15, -0.1) is 0 Å². The number of nitrogens with zero attached hydrogens (tertiary/aromatic N) is 4. The van der Waals surface area contributed by atoms with E-state index in [9.17, 15) is 18.5 Å². The van der Waals surface area contributed by atoms with E-state index in [1.165, 1.54) is 15.2 Å².